The maximum absolute atomic E-state index is 2.46. The molecule has 0 N–H and O–H groups in total. The second-order valence-electron chi connectivity index (χ2n) is 5.89. The van der Waals surface area contributed by atoms with Gasteiger partial charge in [0.2, 0.25) is 0 Å². The third-order valence-corrected chi connectivity index (χ3v) is 4.37. The standard InChI is InChI=1S/C21H28/c1-5-11-19-15-17(7-3)16(4)20(12-6-2)21(19)18-13-9-8-10-14-18/h8-10,13-15H,5-7,11-12H2,1-4H3. The van der Waals surface area contributed by atoms with Gasteiger partial charge in [0.25, 0.3) is 0 Å². The van der Waals surface area contributed by atoms with Crippen LogP contribution in [-0.4, -0.2) is 0 Å². The van der Waals surface area contributed by atoms with E-state index in [0.717, 1.165) is 6.42 Å². The van der Waals surface area contributed by atoms with E-state index in [1.165, 1.54) is 53.5 Å². The molecule has 0 atom stereocenters. The molecule has 2 aromatic carbocycles. The van der Waals surface area contributed by atoms with Crippen molar-refractivity contribution >= 4 is 0 Å². The number of hydrogen-bond donors (Lipinski definition) is 0. The Morgan fingerprint density at radius 2 is 1.48 bits per heavy atom. The van der Waals surface area contributed by atoms with Crippen molar-refractivity contribution in [1.29, 1.82) is 0 Å². The third kappa shape index (κ3) is 3.37. The Balaban J connectivity index is 2.71. The van der Waals surface area contributed by atoms with Gasteiger partial charge in [-0.3, -0.25) is 0 Å². The Morgan fingerprint density at radius 3 is 2.05 bits per heavy atom. The SMILES string of the molecule is CCCc1cc(CC)c(C)c(CCC)c1-c1ccccc1. The fourth-order valence-corrected chi connectivity index (χ4v) is 3.33. The molecule has 0 saturated carbocycles. The topological polar surface area (TPSA) is 0 Å². The van der Waals surface area contributed by atoms with Crippen molar-refractivity contribution in [3.8, 4) is 11.1 Å². The Bertz CT molecular complexity index is 579. The first-order valence-electron chi connectivity index (χ1n) is 8.42. The first kappa shape index (κ1) is 15.8. The van der Waals surface area contributed by atoms with Gasteiger partial charge in [-0.15, -0.1) is 0 Å². The van der Waals surface area contributed by atoms with Crippen molar-refractivity contribution in [2.24, 2.45) is 0 Å². The second kappa shape index (κ2) is 7.45. The number of hydrogen-bond acceptors (Lipinski definition) is 0. The first-order chi connectivity index (χ1) is 10.2. The molecule has 0 nitrogen and oxygen atoms in total. The molecule has 0 aliphatic heterocycles. The van der Waals surface area contributed by atoms with Crippen molar-refractivity contribution < 1.29 is 0 Å². The highest BCUT2D eigenvalue weighted by atomic mass is 14.2. The number of benzene rings is 2. The van der Waals surface area contributed by atoms with E-state index in [9.17, 15) is 0 Å². The molecule has 0 radical (unpaired) electrons. The van der Waals surface area contributed by atoms with Crippen LogP contribution in [-0.2, 0) is 19.3 Å². The van der Waals surface area contributed by atoms with E-state index in [0.29, 0.717) is 0 Å². The van der Waals surface area contributed by atoms with Crippen LogP contribution in [0.2, 0.25) is 0 Å². The van der Waals surface area contributed by atoms with E-state index in [1.807, 2.05) is 0 Å². The third-order valence-electron chi connectivity index (χ3n) is 4.37. The lowest BCUT2D eigenvalue weighted by atomic mass is 9.84. The lowest BCUT2D eigenvalue weighted by Gasteiger charge is -2.20. The maximum Gasteiger partial charge on any atom is -0.0117 e. The quantitative estimate of drug-likeness (QED) is 0.597. The van der Waals surface area contributed by atoms with Crippen LogP contribution in [0.5, 0.6) is 0 Å². The molecule has 0 aromatic heterocycles. The van der Waals surface area contributed by atoms with E-state index in [1.54, 1.807) is 5.56 Å². The van der Waals surface area contributed by atoms with Gasteiger partial charge in [0.1, 0.15) is 0 Å². The Morgan fingerprint density at radius 1 is 0.810 bits per heavy atom. The summed E-state index contributed by atoms with van der Waals surface area (Å²) in [7, 11) is 0. The van der Waals surface area contributed by atoms with Gasteiger partial charge >= 0.3 is 0 Å². The molecule has 0 saturated heterocycles. The molecular formula is C21H28. The van der Waals surface area contributed by atoms with Crippen molar-refractivity contribution in [3.63, 3.8) is 0 Å². The molecule has 0 amide bonds. The van der Waals surface area contributed by atoms with Crippen molar-refractivity contribution in [2.75, 3.05) is 0 Å². The summed E-state index contributed by atoms with van der Waals surface area (Å²) in [6.07, 6.45) is 5.90. The smallest absolute Gasteiger partial charge is 0.0117 e. The zero-order chi connectivity index (χ0) is 15.2. The molecule has 21 heavy (non-hydrogen) atoms. The highest BCUT2D eigenvalue weighted by molar-refractivity contribution is 5.73. The van der Waals surface area contributed by atoms with Crippen LogP contribution < -0.4 is 0 Å². The summed E-state index contributed by atoms with van der Waals surface area (Å²) in [4.78, 5) is 0. The highest BCUT2D eigenvalue weighted by Crippen LogP contribution is 2.34. The van der Waals surface area contributed by atoms with Crippen LogP contribution >= 0.6 is 0 Å². The molecule has 2 aromatic rings. The predicted octanol–water partition coefficient (Wildman–Crippen LogP) is 6.13. The molecule has 0 fully saturated rings. The fourth-order valence-electron chi connectivity index (χ4n) is 3.33. The van der Waals surface area contributed by atoms with E-state index >= 15 is 0 Å². The molecule has 0 aliphatic rings. The summed E-state index contributed by atoms with van der Waals surface area (Å²) in [6.45, 7) is 9.15. The van der Waals surface area contributed by atoms with Gasteiger partial charge in [0, 0.05) is 0 Å². The predicted molar refractivity (Wildman–Crippen MR) is 94.0 cm³/mol. The lowest BCUT2D eigenvalue weighted by Crippen LogP contribution is -2.03. The van der Waals surface area contributed by atoms with Crippen LogP contribution in [0, 0.1) is 6.92 Å². The summed E-state index contributed by atoms with van der Waals surface area (Å²) in [5.74, 6) is 0. The minimum absolute atomic E-state index is 1.13. The van der Waals surface area contributed by atoms with Crippen molar-refractivity contribution in [3.05, 3.63) is 58.7 Å². The van der Waals surface area contributed by atoms with Crippen LogP contribution in [0.25, 0.3) is 11.1 Å². The Kier molecular flexibility index (Phi) is 5.61. The van der Waals surface area contributed by atoms with Gasteiger partial charge in [-0.25, -0.2) is 0 Å². The molecule has 0 bridgehead atoms. The fraction of sp³-hybridized carbons (Fsp3) is 0.429. The minimum atomic E-state index is 1.13. The molecule has 0 spiro atoms. The van der Waals surface area contributed by atoms with Gasteiger partial charge < -0.3 is 0 Å². The average Bonchev–Trinajstić information content (AvgIpc) is 2.51. The largest absolute Gasteiger partial charge is 0.0651 e. The highest BCUT2D eigenvalue weighted by Gasteiger charge is 2.15. The van der Waals surface area contributed by atoms with E-state index in [-0.39, 0.29) is 0 Å². The van der Waals surface area contributed by atoms with E-state index in [2.05, 4.69) is 64.1 Å². The van der Waals surface area contributed by atoms with Gasteiger partial charge in [-0.2, -0.15) is 0 Å². The Hall–Kier alpha value is -1.56. The summed E-state index contributed by atoms with van der Waals surface area (Å²) < 4.78 is 0. The number of aryl methyl sites for hydroxylation is 2. The van der Waals surface area contributed by atoms with Crippen LogP contribution in [0.3, 0.4) is 0 Å². The minimum Gasteiger partial charge on any atom is -0.0651 e. The molecule has 112 valence electrons. The summed E-state index contributed by atoms with van der Waals surface area (Å²) in [6, 6.07) is 13.4. The lowest BCUT2D eigenvalue weighted by molar-refractivity contribution is 0.882. The second-order valence-corrected chi connectivity index (χ2v) is 5.89. The van der Waals surface area contributed by atoms with Crippen molar-refractivity contribution in [1.82, 2.24) is 0 Å². The van der Waals surface area contributed by atoms with Crippen LogP contribution in [0.15, 0.2) is 36.4 Å². The molecule has 0 heteroatoms. The van der Waals surface area contributed by atoms with Gasteiger partial charge in [-0.1, -0.05) is 70.0 Å². The van der Waals surface area contributed by atoms with E-state index in [4.69, 9.17) is 0 Å². The normalized spacial score (nSPS) is 10.9. The summed E-state index contributed by atoms with van der Waals surface area (Å²) in [5, 5.41) is 0. The average molecular weight is 280 g/mol. The van der Waals surface area contributed by atoms with Gasteiger partial charge in [0.05, 0.1) is 0 Å². The summed E-state index contributed by atoms with van der Waals surface area (Å²) >= 11 is 0. The zero-order valence-electron chi connectivity index (χ0n) is 14.0. The molecule has 0 heterocycles. The molecular weight excluding hydrogens is 252 g/mol. The van der Waals surface area contributed by atoms with Gasteiger partial charge in [0.15, 0.2) is 0 Å². The van der Waals surface area contributed by atoms with Crippen molar-refractivity contribution in [2.45, 2.75) is 59.8 Å². The zero-order valence-corrected chi connectivity index (χ0v) is 14.0. The molecule has 0 unspecified atom stereocenters. The monoisotopic (exact) mass is 280 g/mol. The Labute approximate surface area is 130 Å². The van der Waals surface area contributed by atoms with Crippen LogP contribution in [0.1, 0.15) is 55.9 Å². The summed E-state index contributed by atoms with van der Waals surface area (Å²) in [5.41, 5.74) is 9.05. The number of rotatable bonds is 6. The van der Waals surface area contributed by atoms with Gasteiger partial charge in [-0.05, 0) is 59.6 Å². The maximum atomic E-state index is 2.46. The van der Waals surface area contributed by atoms with Crippen LogP contribution in [0.4, 0.5) is 0 Å². The molecule has 0 aliphatic carbocycles. The first-order valence-corrected chi connectivity index (χ1v) is 8.42. The molecule has 2 rings (SSSR count). The van der Waals surface area contributed by atoms with E-state index < -0.39 is 0 Å².